The van der Waals surface area contributed by atoms with Crippen LogP contribution < -0.4 is 0 Å². The molecule has 5 heteroatoms. The molecule has 0 spiro atoms. The second-order valence-corrected chi connectivity index (χ2v) is 2.23. The summed E-state index contributed by atoms with van der Waals surface area (Å²) in [7, 11) is 1.00. The van der Waals surface area contributed by atoms with Crippen molar-refractivity contribution in [1.82, 2.24) is 0 Å². The van der Waals surface area contributed by atoms with Crippen LogP contribution in [0.1, 0.15) is 0 Å². The lowest BCUT2D eigenvalue weighted by Crippen LogP contribution is -1.55. The van der Waals surface area contributed by atoms with Crippen LogP contribution in [-0.4, -0.2) is 22.9 Å². The lowest BCUT2D eigenvalue weighted by molar-refractivity contribution is 0.399. The average Bonchev–Trinajstić information content (AvgIpc) is 1.75. The van der Waals surface area contributed by atoms with E-state index >= 15 is 0 Å². The van der Waals surface area contributed by atoms with Crippen LogP contribution in [0.3, 0.4) is 0 Å². The number of hydrogen-bond donors (Lipinski definition) is 1. The fourth-order valence-corrected chi connectivity index (χ4v) is 0. The van der Waals surface area contributed by atoms with Crippen molar-refractivity contribution in [2.75, 3.05) is 13.5 Å². The Hall–Kier alpha value is 1.12. The summed E-state index contributed by atoms with van der Waals surface area (Å²) in [5.41, 5.74) is 0. The standard InChI is InChI=1S/CHCl3.CH3Cl.CH4O/c2-1(3)4;2*1-2/h1H;1H3;2H,1H3. The summed E-state index contributed by atoms with van der Waals surface area (Å²) in [6.45, 7) is 0. The van der Waals surface area contributed by atoms with Gasteiger partial charge in [-0.05, 0) is 0 Å². The summed E-state index contributed by atoms with van der Waals surface area (Å²) in [6.07, 6.45) is 1.47. The van der Waals surface area contributed by atoms with Crippen molar-refractivity contribution in [3.63, 3.8) is 0 Å². The number of aliphatic hydroxyl groups excluding tert-OH is 1. The number of hydrogen-bond acceptors (Lipinski definition) is 1. The van der Waals surface area contributed by atoms with Crippen LogP contribution in [0.25, 0.3) is 0 Å². The number of rotatable bonds is 0. The van der Waals surface area contributed by atoms with E-state index in [2.05, 4.69) is 11.6 Å². The zero-order valence-electron chi connectivity index (χ0n) is 4.54. The van der Waals surface area contributed by atoms with Crippen molar-refractivity contribution in [3.05, 3.63) is 0 Å². The SMILES string of the molecule is CCl.CO.ClC(Cl)Cl. The van der Waals surface area contributed by atoms with E-state index in [1.54, 1.807) is 0 Å². The van der Waals surface area contributed by atoms with E-state index in [9.17, 15) is 0 Å². The predicted octanol–water partition coefficient (Wildman–Crippen LogP) is 2.45. The third-order valence-corrected chi connectivity index (χ3v) is 0. The third kappa shape index (κ3) is 213. The van der Waals surface area contributed by atoms with Gasteiger partial charge in [-0.1, -0.05) is 34.8 Å². The molecule has 0 unspecified atom stereocenters. The minimum atomic E-state index is -0.750. The first-order chi connectivity index (χ1) is 3.73. The van der Waals surface area contributed by atoms with Gasteiger partial charge >= 0.3 is 0 Å². The molecule has 0 radical (unpaired) electrons. The highest BCUT2D eigenvalue weighted by atomic mass is 35.6. The topological polar surface area (TPSA) is 20.2 Å². The monoisotopic (exact) mass is 200 g/mol. The Balaban J connectivity index is -0.0000000542. The summed E-state index contributed by atoms with van der Waals surface area (Å²) < 4.78 is -0.750. The Kier molecular flexibility index (Phi) is 48.7. The fraction of sp³-hybridized carbons (Fsp3) is 1.00. The maximum absolute atomic E-state index is 7.00. The number of halogens is 4. The van der Waals surface area contributed by atoms with Crippen molar-refractivity contribution in [2.24, 2.45) is 0 Å². The summed E-state index contributed by atoms with van der Waals surface area (Å²) in [4.78, 5) is 0. The zero-order chi connectivity index (χ0) is 7.58. The van der Waals surface area contributed by atoms with Crippen LogP contribution in [0.4, 0.5) is 0 Å². The highest BCUT2D eigenvalue weighted by Crippen LogP contribution is 2.03. The maximum Gasteiger partial charge on any atom is 0.180 e. The van der Waals surface area contributed by atoms with Gasteiger partial charge in [0, 0.05) is 13.5 Å². The Morgan fingerprint density at radius 1 is 1.00 bits per heavy atom. The number of aliphatic hydroxyl groups is 1. The molecule has 0 aromatic carbocycles. The molecule has 0 aromatic heterocycles. The fourth-order valence-electron chi connectivity index (χ4n) is 0. The molecule has 0 rings (SSSR count). The molecular formula is C3H8Cl4O. The largest absolute Gasteiger partial charge is 0.400 e. The first kappa shape index (κ1) is 16.1. The number of alkyl halides is 4. The van der Waals surface area contributed by atoms with Crippen LogP contribution in [0.15, 0.2) is 0 Å². The van der Waals surface area contributed by atoms with Crippen LogP contribution in [0.5, 0.6) is 0 Å². The molecule has 0 saturated carbocycles. The highest BCUT2D eigenvalue weighted by molar-refractivity contribution is 6.63. The van der Waals surface area contributed by atoms with Crippen LogP contribution >= 0.6 is 46.4 Å². The minimum absolute atomic E-state index is 0.750. The molecule has 0 aliphatic rings. The first-order valence-corrected chi connectivity index (χ1v) is 3.55. The van der Waals surface area contributed by atoms with E-state index in [1.165, 1.54) is 6.38 Å². The molecule has 1 nitrogen and oxygen atoms in total. The molecule has 8 heavy (non-hydrogen) atoms. The molecule has 0 saturated heterocycles. The minimum Gasteiger partial charge on any atom is -0.400 e. The van der Waals surface area contributed by atoms with E-state index in [4.69, 9.17) is 39.9 Å². The van der Waals surface area contributed by atoms with Crippen LogP contribution in [0, 0.1) is 0 Å². The molecule has 0 bridgehead atoms. The Morgan fingerprint density at radius 3 is 1.00 bits per heavy atom. The van der Waals surface area contributed by atoms with Gasteiger partial charge in [0.05, 0.1) is 0 Å². The summed E-state index contributed by atoms with van der Waals surface area (Å²) in [5.74, 6) is 0. The highest BCUT2D eigenvalue weighted by Gasteiger charge is 1.78. The molecular weight excluding hydrogens is 194 g/mol. The first-order valence-electron chi connectivity index (χ1n) is 1.48. The Morgan fingerprint density at radius 2 is 1.00 bits per heavy atom. The van der Waals surface area contributed by atoms with Crippen LogP contribution in [0.2, 0.25) is 0 Å². The van der Waals surface area contributed by atoms with Crippen molar-refractivity contribution in [2.45, 2.75) is 4.30 Å². The second-order valence-electron chi connectivity index (χ2n) is 0.247. The maximum atomic E-state index is 7.00. The lowest BCUT2D eigenvalue weighted by Gasteiger charge is -1.69. The summed E-state index contributed by atoms with van der Waals surface area (Å²) >= 11 is 19.1. The summed E-state index contributed by atoms with van der Waals surface area (Å²) in [6, 6.07) is 0. The zero-order valence-corrected chi connectivity index (χ0v) is 7.56. The van der Waals surface area contributed by atoms with Crippen molar-refractivity contribution in [3.8, 4) is 0 Å². The van der Waals surface area contributed by atoms with Gasteiger partial charge in [0.2, 0.25) is 0 Å². The van der Waals surface area contributed by atoms with Gasteiger partial charge in [0.25, 0.3) is 0 Å². The summed E-state index contributed by atoms with van der Waals surface area (Å²) in [5, 5.41) is 7.00. The smallest absolute Gasteiger partial charge is 0.180 e. The van der Waals surface area contributed by atoms with Gasteiger partial charge in [-0.15, -0.1) is 11.6 Å². The molecule has 0 fully saturated rings. The normalized spacial score (nSPS) is 6.00. The van der Waals surface area contributed by atoms with Gasteiger partial charge in [-0.2, -0.15) is 0 Å². The van der Waals surface area contributed by atoms with E-state index in [0.29, 0.717) is 0 Å². The van der Waals surface area contributed by atoms with Gasteiger partial charge in [-0.25, -0.2) is 0 Å². The molecule has 54 valence electrons. The van der Waals surface area contributed by atoms with E-state index in [-0.39, 0.29) is 0 Å². The molecule has 0 heterocycles. The molecule has 0 amide bonds. The quantitative estimate of drug-likeness (QED) is 0.598. The molecule has 1 N–H and O–H groups in total. The predicted molar refractivity (Wildman–Crippen MR) is 41.3 cm³/mol. The van der Waals surface area contributed by atoms with Gasteiger partial charge in [-0.3, -0.25) is 0 Å². The molecule has 0 atom stereocenters. The second kappa shape index (κ2) is 24.3. The van der Waals surface area contributed by atoms with E-state index in [0.717, 1.165) is 7.11 Å². The van der Waals surface area contributed by atoms with E-state index < -0.39 is 4.30 Å². The third-order valence-electron chi connectivity index (χ3n) is 0. The van der Waals surface area contributed by atoms with Crippen molar-refractivity contribution in [1.29, 1.82) is 0 Å². The lowest BCUT2D eigenvalue weighted by atomic mass is 11.8. The Labute approximate surface area is 69.5 Å². The van der Waals surface area contributed by atoms with Crippen molar-refractivity contribution >= 4 is 46.4 Å². The average molecular weight is 202 g/mol. The van der Waals surface area contributed by atoms with Gasteiger partial charge in [0.1, 0.15) is 0 Å². The molecule has 0 aliphatic carbocycles. The Bertz CT molecular complexity index is 16.0. The van der Waals surface area contributed by atoms with E-state index in [1.807, 2.05) is 0 Å². The van der Waals surface area contributed by atoms with Crippen molar-refractivity contribution < 1.29 is 5.11 Å². The van der Waals surface area contributed by atoms with Gasteiger partial charge in [0.15, 0.2) is 4.30 Å². The van der Waals surface area contributed by atoms with Crippen LogP contribution in [-0.2, 0) is 0 Å². The molecule has 0 aromatic rings. The molecule has 0 aliphatic heterocycles. The van der Waals surface area contributed by atoms with Gasteiger partial charge < -0.3 is 5.11 Å².